The molecule has 140 valence electrons. The first kappa shape index (κ1) is 18.6. The van der Waals surface area contributed by atoms with Gasteiger partial charge in [0, 0.05) is 43.5 Å². The molecule has 7 heteroatoms. The Bertz CT molecular complexity index is 860. The third kappa shape index (κ3) is 4.34. The van der Waals surface area contributed by atoms with E-state index in [-0.39, 0.29) is 6.03 Å². The highest BCUT2D eigenvalue weighted by Crippen LogP contribution is 2.21. The molecule has 0 atom stereocenters. The van der Waals surface area contributed by atoms with Crippen molar-refractivity contribution in [3.63, 3.8) is 0 Å². The van der Waals surface area contributed by atoms with E-state index in [0.29, 0.717) is 31.0 Å². The lowest BCUT2D eigenvalue weighted by Gasteiger charge is -2.33. The number of carbonyl (C=O) groups excluding carboxylic acids is 1. The van der Waals surface area contributed by atoms with Crippen LogP contribution in [0.5, 0.6) is 0 Å². The molecule has 27 heavy (non-hydrogen) atoms. The van der Waals surface area contributed by atoms with Crippen LogP contribution in [0.3, 0.4) is 0 Å². The van der Waals surface area contributed by atoms with Crippen LogP contribution in [0, 0.1) is 11.3 Å². The van der Waals surface area contributed by atoms with Gasteiger partial charge in [-0.05, 0) is 31.5 Å². The van der Waals surface area contributed by atoms with E-state index in [1.54, 1.807) is 18.3 Å². The normalized spacial score (nSPS) is 12.9. The first-order chi connectivity index (χ1) is 13.1. The highest BCUT2D eigenvalue weighted by molar-refractivity contribution is 5.74. The number of rotatable bonds is 5. The molecule has 3 rings (SSSR count). The summed E-state index contributed by atoms with van der Waals surface area (Å²) in [5.41, 5.74) is 3.31. The van der Waals surface area contributed by atoms with E-state index in [9.17, 15) is 4.79 Å². The molecule has 0 aliphatic carbocycles. The minimum absolute atomic E-state index is 0.0838. The maximum atomic E-state index is 12.7. The number of nitriles is 1. The molecule has 0 saturated heterocycles. The summed E-state index contributed by atoms with van der Waals surface area (Å²) >= 11 is 0. The van der Waals surface area contributed by atoms with E-state index in [2.05, 4.69) is 28.3 Å². The fourth-order valence-corrected chi connectivity index (χ4v) is 3.19. The van der Waals surface area contributed by atoms with E-state index in [0.717, 1.165) is 36.5 Å². The quantitative estimate of drug-likeness (QED) is 0.880. The maximum absolute atomic E-state index is 12.7. The lowest BCUT2D eigenvalue weighted by atomic mass is 10.1. The molecule has 2 amide bonds. The van der Waals surface area contributed by atoms with Crippen LogP contribution in [-0.2, 0) is 13.0 Å². The zero-order chi connectivity index (χ0) is 19.2. The number of anilines is 2. The Labute approximate surface area is 159 Å². The smallest absolute Gasteiger partial charge is 0.320 e. The summed E-state index contributed by atoms with van der Waals surface area (Å²) in [5.74, 6) is 0.504. The first-order valence-electron chi connectivity index (χ1n) is 9.30. The van der Waals surface area contributed by atoms with Gasteiger partial charge in [0.1, 0.15) is 0 Å². The van der Waals surface area contributed by atoms with Gasteiger partial charge in [-0.25, -0.2) is 14.8 Å². The summed E-state index contributed by atoms with van der Waals surface area (Å²) < 4.78 is 0. The molecule has 1 aromatic heterocycles. The maximum Gasteiger partial charge on any atom is 0.320 e. The average Bonchev–Trinajstić information content (AvgIpc) is 2.71. The van der Waals surface area contributed by atoms with Crippen LogP contribution in [0.1, 0.15) is 37.1 Å². The van der Waals surface area contributed by atoms with Crippen molar-refractivity contribution < 1.29 is 4.79 Å². The second kappa shape index (κ2) is 8.49. The molecule has 1 aliphatic heterocycles. The molecule has 0 radical (unpaired) electrons. The number of carbonyl (C=O) groups is 1. The van der Waals surface area contributed by atoms with E-state index < -0.39 is 0 Å². The molecular weight excluding hydrogens is 340 g/mol. The predicted molar refractivity (Wildman–Crippen MR) is 104 cm³/mol. The molecule has 1 aromatic carbocycles. The molecular formula is C20H24N6O. The monoisotopic (exact) mass is 364 g/mol. The number of benzene rings is 1. The Balaban J connectivity index is 1.71. The van der Waals surface area contributed by atoms with E-state index in [4.69, 9.17) is 5.26 Å². The molecule has 2 heterocycles. The lowest BCUT2D eigenvalue weighted by molar-refractivity contribution is 0.149. The van der Waals surface area contributed by atoms with Crippen molar-refractivity contribution in [2.45, 2.75) is 33.2 Å². The Morgan fingerprint density at radius 2 is 2.26 bits per heavy atom. The van der Waals surface area contributed by atoms with Crippen molar-refractivity contribution >= 4 is 17.7 Å². The van der Waals surface area contributed by atoms with Crippen LogP contribution in [0.15, 0.2) is 30.5 Å². The summed E-state index contributed by atoms with van der Waals surface area (Å²) in [7, 11) is 0. The molecule has 1 N–H and O–H groups in total. The largest absolute Gasteiger partial charge is 0.325 e. The molecule has 2 aromatic rings. The zero-order valence-electron chi connectivity index (χ0n) is 15.8. The fraction of sp³-hybridized carbons (Fsp3) is 0.400. The van der Waals surface area contributed by atoms with Crippen molar-refractivity contribution in [3.8, 4) is 6.07 Å². The Morgan fingerprint density at radius 1 is 1.41 bits per heavy atom. The van der Waals surface area contributed by atoms with Gasteiger partial charge >= 0.3 is 6.03 Å². The number of nitrogens with one attached hydrogen (secondary N) is 1. The number of urea groups is 1. The predicted octanol–water partition coefficient (Wildman–Crippen LogP) is 3.30. The highest BCUT2D eigenvalue weighted by Gasteiger charge is 2.25. The topological polar surface area (TPSA) is 85.2 Å². The fourth-order valence-electron chi connectivity index (χ4n) is 3.19. The van der Waals surface area contributed by atoms with Crippen molar-refractivity contribution in [2.24, 2.45) is 0 Å². The lowest BCUT2D eigenvalue weighted by Crippen LogP contribution is -2.45. The SMILES string of the molecule is CCCN(CC)C(=O)N1CCc2nc(Nc3cccc(C#N)c3)ncc2C1. The standard InChI is InChI=1S/C20H24N6O/c1-3-9-25(4-2)20(27)26-10-8-18-16(14-26)13-22-19(24-18)23-17-7-5-6-15(11-17)12-21/h5-7,11,13H,3-4,8-10,14H2,1-2H3,(H,22,23,24). The van der Waals surface area contributed by atoms with Gasteiger partial charge in [-0.2, -0.15) is 5.26 Å². The third-order valence-corrected chi connectivity index (χ3v) is 4.60. The number of hydrogen-bond acceptors (Lipinski definition) is 5. The van der Waals surface area contributed by atoms with Crippen LogP contribution in [0.4, 0.5) is 16.4 Å². The van der Waals surface area contributed by atoms with Crippen LogP contribution in [-0.4, -0.2) is 45.4 Å². The van der Waals surface area contributed by atoms with Gasteiger partial charge in [-0.3, -0.25) is 0 Å². The molecule has 0 bridgehead atoms. The summed E-state index contributed by atoms with van der Waals surface area (Å²) in [4.78, 5) is 25.4. The molecule has 0 unspecified atom stereocenters. The minimum Gasteiger partial charge on any atom is -0.325 e. The third-order valence-electron chi connectivity index (χ3n) is 4.60. The number of amides is 2. The Morgan fingerprint density at radius 3 is 3.00 bits per heavy atom. The van der Waals surface area contributed by atoms with Gasteiger partial charge in [0.05, 0.1) is 23.9 Å². The van der Waals surface area contributed by atoms with Crippen LogP contribution in [0.2, 0.25) is 0 Å². The molecule has 1 aliphatic rings. The van der Waals surface area contributed by atoms with Crippen molar-refractivity contribution in [3.05, 3.63) is 47.3 Å². The average molecular weight is 364 g/mol. The van der Waals surface area contributed by atoms with Gasteiger partial charge < -0.3 is 15.1 Å². The zero-order valence-corrected chi connectivity index (χ0v) is 15.8. The molecule has 7 nitrogen and oxygen atoms in total. The number of nitrogens with zero attached hydrogens (tertiary/aromatic N) is 5. The molecule has 0 spiro atoms. The van der Waals surface area contributed by atoms with Crippen LogP contribution >= 0.6 is 0 Å². The van der Waals surface area contributed by atoms with E-state index in [1.165, 1.54) is 0 Å². The van der Waals surface area contributed by atoms with Gasteiger partial charge in [0.15, 0.2) is 0 Å². The number of aromatic nitrogens is 2. The molecule has 0 fully saturated rings. The Hall–Kier alpha value is -3.14. The van der Waals surface area contributed by atoms with E-state index >= 15 is 0 Å². The Kier molecular flexibility index (Phi) is 5.87. The highest BCUT2D eigenvalue weighted by atomic mass is 16.2. The van der Waals surface area contributed by atoms with Crippen molar-refractivity contribution in [1.29, 1.82) is 5.26 Å². The second-order valence-corrected chi connectivity index (χ2v) is 6.52. The summed E-state index contributed by atoms with van der Waals surface area (Å²) in [5, 5.41) is 12.1. The number of hydrogen-bond donors (Lipinski definition) is 1. The van der Waals surface area contributed by atoms with Gasteiger partial charge in [0.25, 0.3) is 0 Å². The van der Waals surface area contributed by atoms with Crippen molar-refractivity contribution in [1.82, 2.24) is 19.8 Å². The van der Waals surface area contributed by atoms with Gasteiger partial charge in [-0.1, -0.05) is 13.0 Å². The van der Waals surface area contributed by atoms with Crippen LogP contribution < -0.4 is 5.32 Å². The first-order valence-corrected chi connectivity index (χ1v) is 9.30. The minimum atomic E-state index is 0.0838. The molecule has 0 saturated carbocycles. The van der Waals surface area contributed by atoms with Gasteiger partial charge in [0.2, 0.25) is 5.95 Å². The van der Waals surface area contributed by atoms with Crippen LogP contribution in [0.25, 0.3) is 0 Å². The second-order valence-electron chi connectivity index (χ2n) is 6.52. The van der Waals surface area contributed by atoms with E-state index in [1.807, 2.05) is 28.9 Å². The summed E-state index contributed by atoms with van der Waals surface area (Å²) in [6.07, 6.45) is 3.45. The summed E-state index contributed by atoms with van der Waals surface area (Å²) in [6.45, 7) is 6.78. The summed E-state index contributed by atoms with van der Waals surface area (Å²) in [6, 6.07) is 9.41. The van der Waals surface area contributed by atoms with Gasteiger partial charge in [-0.15, -0.1) is 0 Å². The van der Waals surface area contributed by atoms with Crippen molar-refractivity contribution in [2.75, 3.05) is 25.0 Å². The number of fused-ring (bicyclic) bond motifs is 1.